The Morgan fingerprint density at radius 2 is 1.48 bits per heavy atom. The van der Waals surface area contributed by atoms with E-state index in [4.69, 9.17) is 4.74 Å². The molecule has 4 amide bonds. The van der Waals surface area contributed by atoms with Gasteiger partial charge in [0, 0.05) is 19.9 Å². The van der Waals surface area contributed by atoms with Gasteiger partial charge in [-0.2, -0.15) is 0 Å². The van der Waals surface area contributed by atoms with E-state index in [9.17, 15) is 24.0 Å². The van der Waals surface area contributed by atoms with Crippen molar-refractivity contribution in [1.82, 2.24) is 9.80 Å². The van der Waals surface area contributed by atoms with Gasteiger partial charge >= 0.3 is 5.97 Å². The number of carbonyl (C=O) groups excluding carboxylic acids is 5. The van der Waals surface area contributed by atoms with E-state index in [0.717, 1.165) is 4.90 Å². The number of ether oxygens (including phenoxy) is 1. The van der Waals surface area contributed by atoms with Crippen molar-refractivity contribution in [1.29, 1.82) is 0 Å². The number of para-hydroxylation sites is 1. The van der Waals surface area contributed by atoms with E-state index in [2.05, 4.69) is 0 Å². The van der Waals surface area contributed by atoms with E-state index >= 15 is 0 Å². The zero-order valence-corrected chi connectivity index (χ0v) is 16.5. The van der Waals surface area contributed by atoms with Crippen molar-refractivity contribution in [2.75, 3.05) is 18.7 Å². The molecular weight excluding hydrogens is 402 g/mol. The van der Waals surface area contributed by atoms with E-state index in [1.807, 2.05) is 0 Å². The third-order valence-corrected chi connectivity index (χ3v) is 6.07. The zero-order chi connectivity index (χ0) is 21.9. The van der Waals surface area contributed by atoms with Crippen LogP contribution < -0.4 is 4.90 Å². The number of anilines is 1. The number of benzene rings is 2. The van der Waals surface area contributed by atoms with Gasteiger partial charge in [-0.25, -0.2) is 9.69 Å². The highest BCUT2D eigenvalue weighted by Crippen LogP contribution is 2.44. The molecule has 9 nitrogen and oxygen atoms in total. The molecule has 0 aromatic heterocycles. The third kappa shape index (κ3) is 2.40. The molecule has 1 atom stereocenters. The molecule has 156 valence electrons. The standard InChI is InChI=1S/C22H17N3O6/c1-23-18(27)15-8-4-5-9-16(15)25-17(26)10-11-22(23,25)21(30)31-12-24-19(28)13-6-2-3-7-14(13)20(24)29/h2-9H,10-12H2,1H3/t22-/m0/s1. The summed E-state index contributed by atoms with van der Waals surface area (Å²) in [6.45, 7) is -0.612. The lowest BCUT2D eigenvalue weighted by Gasteiger charge is -2.46. The van der Waals surface area contributed by atoms with Gasteiger partial charge in [-0.3, -0.25) is 24.1 Å². The topological polar surface area (TPSA) is 104 Å². The highest BCUT2D eigenvalue weighted by atomic mass is 16.6. The number of nitrogens with zero attached hydrogens (tertiary/aromatic N) is 3. The summed E-state index contributed by atoms with van der Waals surface area (Å²) in [4.78, 5) is 67.4. The zero-order valence-electron chi connectivity index (χ0n) is 16.5. The maximum absolute atomic E-state index is 13.3. The van der Waals surface area contributed by atoms with E-state index in [1.54, 1.807) is 36.4 Å². The minimum absolute atomic E-state index is 0.0450. The smallest absolute Gasteiger partial charge is 0.355 e. The minimum Gasteiger partial charge on any atom is -0.441 e. The average molecular weight is 419 g/mol. The number of rotatable bonds is 3. The number of likely N-dealkylation sites (N-methyl/N-ethyl adjacent to an activating group) is 1. The number of esters is 1. The van der Waals surface area contributed by atoms with Crippen LogP contribution in [0, 0.1) is 0 Å². The Morgan fingerprint density at radius 1 is 0.903 bits per heavy atom. The summed E-state index contributed by atoms with van der Waals surface area (Å²) in [6, 6.07) is 12.9. The van der Waals surface area contributed by atoms with Crippen LogP contribution in [-0.4, -0.2) is 58.8 Å². The predicted molar refractivity (Wildman–Crippen MR) is 106 cm³/mol. The van der Waals surface area contributed by atoms with Gasteiger partial charge in [0.05, 0.1) is 22.4 Å². The van der Waals surface area contributed by atoms with Crippen molar-refractivity contribution in [3.63, 3.8) is 0 Å². The van der Waals surface area contributed by atoms with Crippen LogP contribution in [0.4, 0.5) is 5.69 Å². The first kappa shape index (κ1) is 19.0. The lowest BCUT2D eigenvalue weighted by Crippen LogP contribution is -2.67. The Bertz CT molecular complexity index is 1160. The lowest BCUT2D eigenvalue weighted by atomic mass is 9.97. The summed E-state index contributed by atoms with van der Waals surface area (Å²) in [5, 5.41) is 0. The van der Waals surface area contributed by atoms with Crippen LogP contribution in [0.2, 0.25) is 0 Å². The number of fused-ring (bicyclic) bond motifs is 4. The van der Waals surface area contributed by atoms with E-state index in [1.165, 1.54) is 29.0 Å². The van der Waals surface area contributed by atoms with Gasteiger partial charge in [-0.05, 0) is 24.3 Å². The van der Waals surface area contributed by atoms with Crippen molar-refractivity contribution in [3.8, 4) is 0 Å². The SMILES string of the molecule is CN1C(=O)c2ccccc2N2C(=O)CC[C@]12C(=O)OCN1C(=O)c2ccccc2C1=O. The molecule has 0 saturated carbocycles. The molecule has 5 rings (SSSR count). The quantitative estimate of drug-likeness (QED) is 0.550. The summed E-state index contributed by atoms with van der Waals surface area (Å²) in [6.07, 6.45) is 0.0947. The Hall–Kier alpha value is -4.01. The first-order chi connectivity index (χ1) is 14.9. The summed E-state index contributed by atoms with van der Waals surface area (Å²) in [5.41, 5.74) is -0.548. The second-order valence-corrected chi connectivity index (χ2v) is 7.57. The van der Waals surface area contributed by atoms with E-state index < -0.39 is 36.1 Å². The van der Waals surface area contributed by atoms with Gasteiger partial charge in [-0.1, -0.05) is 24.3 Å². The van der Waals surface area contributed by atoms with Gasteiger partial charge in [0.15, 0.2) is 6.73 Å². The molecule has 2 aromatic rings. The number of hydrogen-bond acceptors (Lipinski definition) is 6. The van der Waals surface area contributed by atoms with E-state index in [-0.39, 0.29) is 29.9 Å². The van der Waals surface area contributed by atoms with E-state index in [0.29, 0.717) is 11.3 Å². The van der Waals surface area contributed by atoms with Crippen molar-refractivity contribution in [2.24, 2.45) is 0 Å². The highest BCUT2D eigenvalue weighted by molar-refractivity contribution is 6.21. The van der Waals surface area contributed by atoms with Crippen molar-refractivity contribution in [3.05, 3.63) is 65.2 Å². The molecule has 0 radical (unpaired) electrons. The lowest BCUT2D eigenvalue weighted by molar-refractivity contribution is -0.159. The molecule has 31 heavy (non-hydrogen) atoms. The molecule has 3 aliphatic heterocycles. The van der Waals surface area contributed by atoms with Crippen molar-refractivity contribution < 1.29 is 28.7 Å². The largest absolute Gasteiger partial charge is 0.441 e. The molecule has 0 bridgehead atoms. The maximum atomic E-state index is 13.3. The van der Waals surface area contributed by atoms with Gasteiger partial charge < -0.3 is 9.64 Å². The third-order valence-electron chi connectivity index (χ3n) is 6.07. The molecule has 2 aromatic carbocycles. The fraction of sp³-hybridized carbons (Fsp3) is 0.227. The fourth-order valence-corrected chi connectivity index (χ4v) is 4.49. The van der Waals surface area contributed by atoms with Crippen LogP contribution in [0.15, 0.2) is 48.5 Å². The van der Waals surface area contributed by atoms with Crippen LogP contribution in [0.25, 0.3) is 0 Å². The molecule has 1 saturated heterocycles. The van der Waals surface area contributed by atoms with Crippen molar-refractivity contribution in [2.45, 2.75) is 18.5 Å². The molecule has 9 heteroatoms. The van der Waals surface area contributed by atoms with Crippen LogP contribution in [0.5, 0.6) is 0 Å². The molecule has 0 N–H and O–H groups in total. The van der Waals surface area contributed by atoms with Crippen LogP contribution in [0.3, 0.4) is 0 Å². The Kier molecular flexibility index (Phi) is 3.98. The Labute approximate surface area is 176 Å². The number of carbonyl (C=O) groups is 5. The molecule has 0 spiro atoms. The number of imide groups is 1. The van der Waals surface area contributed by atoms with Crippen LogP contribution in [-0.2, 0) is 14.3 Å². The first-order valence-electron chi connectivity index (χ1n) is 9.70. The molecular formula is C22H17N3O6. The predicted octanol–water partition coefficient (Wildman–Crippen LogP) is 1.39. The van der Waals surface area contributed by atoms with Crippen LogP contribution in [0.1, 0.15) is 43.9 Å². The summed E-state index contributed by atoms with van der Waals surface area (Å²) in [5.74, 6) is -2.74. The average Bonchev–Trinajstić information content (AvgIpc) is 3.26. The second kappa shape index (κ2) is 6.49. The maximum Gasteiger partial charge on any atom is 0.355 e. The number of amides is 4. The molecule has 0 aliphatic carbocycles. The molecule has 0 unspecified atom stereocenters. The minimum atomic E-state index is -1.67. The van der Waals surface area contributed by atoms with Gasteiger partial charge in [0.25, 0.3) is 17.7 Å². The Balaban J connectivity index is 1.45. The van der Waals surface area contributed by atoms with Gasteiger partial charge in [-0.15, -0.1) is 0 Å². The first-order valence-corrected chi connectivity index (χ1v) is 9.70. The second-order valence-electron chi connectivity index (χ2n) is 7.57. The summed E-state index contributed by atoms with van der Waals surface area (Å²) < 4.78 is 5.38. The Morgan fingerprint density at radius 3 is 2.13 bits per heavy atom. The molecule has 1 fully saturated rings. The van der Waals surface area contributed by atoms with Crippen molar-refractivity contribution >= 4 is 35.3 Å². The molecule has 3 heterocycles. The monoisotopic (exact) mass is 419 g/mol. The summed E-state index contributed by atoms with van der Waals surface area (Å²) in [7, 11) is 1.44. The van der Waals surface area contributed by atoms with Gasteiger partial charge in [0.2, 0.25) is 11.6 Å². The summed E-state index contributed by atoms with van der Waals surface area (Å²) >= 11 is 0. The number of hydrogen-bond donors (Lipinski definition) is 0. The highest BCUT2D eigenvalue weighted by Gasteiger charge is 2.61. The fourth-order valence-electron chi connectivity index (χ4n) is 4.49. The molecule has 3 aliphatic rings. The van der Waals surface area contributed by atoms with Gasteiger partial charge in [0.1, 0.15) is 0 Å². The normalized spacial score (nSPS) is 21.9. The van der Waals surface area contributed by atoms with Crippen LogP contribution >= 0.6 is 0 Å².